The number of amides is 1. The second kappa shape index (κ2) is 16.9. The Morgan fingerprint density at radius 3 is 2.38 bits per heavy atom. The van der Waals surface area contributed by atoms with Gasteiger partial charge in [0.2, 0.25) is 5.91 Å². The van der Waals surface area contributed by atoms with Gasteiger partial charge in [0.15, 0.2) is 11.6 Å². The lowest BCUT2D eigenvalue weighted by atomic mass is 10.1. The summed E-state index contributed by atoms with van der Waals surface area (Å²) in [6, 6.07) is 17.8. The Kier molecular flexibility index (Phi) is 12.7. The molecule has 1 amide bonds. The van der Waals surface area contributed by atoms with Gasteiger partial charge in [0.25, 0.3) is 10.0 Å². The molecule has 0 aliphatic rings. The highest BCUT2D eigenvalue weighted by Crippen LogP contribution is 2.33. The summed E-state index contributed by atoms with van der Waals surface area (Å²) in [6.07, 6.45) is 0.612. The number of fused-ring (bicyclic) bond motifs is 1. The minimum atomic E-state index is -4.21. The van der Waals surface area contributed by atoms with Gasteiger partial charge < -0.3 is 30.6 Å². The van der Waals surface area contributed by atoms with Gasteiger partial charge in [-0.1, -0.05) is 34.9 Å². The molecule has 0 aliphatic heterocycles. The van der Waals surface area contributed by atoms with Crippen molar-refractivity contribution in [2.45, 2.75) is 30.7 Å². The van der Waals surface area contributed by atoms with Crippen molar-refractivity contribution in [3.63, 3.8) is 0 Å². The van der Waals surface area contributed by atoms with Crippen LogP contribution in [0.1, 0.15) is 20.3 Å². The first kappa shape index (κ1) is 36.1. The number of azide groups is 1. The lowest BCUT2D eigenvalue weighted by molar-refractivity contribution is -0.120. The fraction of sp³-hybridized carbons (Fsp3) is 0.323. The summed E-state index contributed by atoms with van der Waals surface area (Å²) in [5.74, 6) is 0.0574. The van der Waals surface area contributed by atoms with E-state index in [1.54, 1.807) is 62.4 Å². The van der Waals surface area contributed by atoms with Crippen molar-refractivity contribution in [1.29, 1.82) is 0 Å². The van der Waals surface area contributed by atoms with Crippen molar-refractivity contribution < 1.29 is 27.4 Å². The van der Waals surface area contributed by atoms with Crippen LogP contribution in [0.3, 0.4) is 0 Å². The molecule has 1 heterocycles. The van der Waals surface area contributed by atoms with E-state index in [1.807, 2.05) is 0 Å². The zero-order valence-corrected chi connectivity index (χ0v) is 27.9. The van der Waals surface area contributed by atoms with Crippen LogP contribution in [-0.4, -0.2) is 69.4 Å². The van der Waals surface area contributed by atoms with E-state index in [2.05, 4.69) is 35.3 Å². The zero-order chi connectivity index (χ0) is 34.6. The molecule has 4 rings (SSSR count). The third-order valence-electron chi connectivity index (χ3n) is 6.45. The van der Waals surface area contributed by atoms with Crippen molar-refractivity contribution in [1.82, 2.24) is 9.97 Å². The number of nitrogens with one attached hydrogen (secondary N) is 3. The Hall–Kier alpha value is -4.70. The fourth-order valence-corrected chi connectivity index (χ4v) is 5.24. The van der Waals surface area contributed by atoms with Gasteiger partial charge in [0, 0.05) is 36.2 Å². The van der Waals surface area contributed by atoms with Gasteiger partial charge in [0.1, 0.15) is 5.75 Å². The molecule has 0 radical (unpaired) electrons. The molecule has 254 valence electrons. The number of nitrogens with two attached hydrogens (primary N) is 1. The molecule has 0 saturated carbocycles. The molecule has 0 bridgehead atoms. The number of para-hydroxylation sites is 2. The van der Waals surface area contributed by atoms with E-state index in [-0.39, 0.29) is 28.8 Å². The van der Waals surface area contributed by atoms with E-state index in [0.717, 1.165) is 0 Å². The van der Waals surface area contributed by atoms with E-state index in [4.69, 9.17) is 37.1 Å². The topological polar surface area (TPSA) is 216 Å². The monoisotopic (exact) mass is 697 g/mol. The Balaban J connectivity index is 1.46. The average molecular weight is 698 g/mol. The van der Waals surface area contributed by atoms with Crippen LogP contribution in [0.25, 0.3) is 21.5 Å². The Morgan fingerprint density at radius 1 is 0.958 bits per heavy atom. The standard InChI is InChI=1S/C31H36ClN9O6S/c1-31(2,33)30(42)36-21-7-5-8-23(19-21)48(43,44)40-29-28(37-25-9-3-4-10-26(25)38-29)39-27-20-22(11-12-24(27)32)47-15-6-14-45-17-18-46-16-13-35-41-34/h3-5,7-12,19-20H,6,13-18,33H2,1-2H3,(H,36,42)(H,37,39)(H,38,40). The van der Waals surface area contributed by atoms with Crippen LogP contribution in [0.15, 0.2) is 76.7 Å². The molecule has 1 aromatic heterocycles. The maximum atomic E-state index is 13.6. The van der Waals surface area contributed by atoms with Gasteiger partial charge in [-0.15, -0.1) is 0 Å². The lowest BCUT2D eigenvalue weighted by Gasteiger charge is -2.18. The summed E-state index contributed by atoms with van der Waals surface area (Å²) >= 11 is 6.51. The first-order chi connectivity index (χ1) is 23.0. The predicted molar refractivity (Wildman–Crippen MR) is 184 cm³/mol. The van der Waals surface area contributed by atoms with Crippen LogP contribution >= 0.6 is 11.6 Å². The zero-order valence-electron chi connectivity index (χ0n) is 26.3. The number of anilines is 4. The normalized spacial score (nSPS) is 11.5. The third-order valence-corrected chi connectivity index (χ3v) is 8.12. The highest BCUT2D eigenvalue weighted by Gasteiger charge is 2.24. The summed E-state index contributed by atoms with van der Waals surface area (Å²) < 4.78 is 46.3. The molecule has 15 nitrogen and oxygen atoms in total. The molecule has 3 aromatic carbocycles. The van der Waals surface area contributed by atoms with E-state index >= 15 is 0 Å². The van der Waals surface area contributed by atoms with Gasteiger partial charge in [0.05, 0.1) is 58.6 Å². The van der Waals surface area contributed by atoms with Gasteiger partial charge in [-0.25, -0.2) is 18.4 Å². The molecule has 48 heavy (non-hydrogen) atoms. The molecule has 0 unspecified atom stereocenters. The van der Waals surface area contributed by atoms with Gasteiger partial charge in [-0.2, -0.15) is 0 Å². The van der Waals surface area contributed by atoms with E-state index < -0.39 is 21.5 Å². The number of benzene rings is 3. The minimum Gasteiger partial charge on any atom is -0.493 e. The van der Waals surface area contributed by atoms with Crippen molar-refractivity contribution in [3.05, 3.63) is 82.2 Å². The number of sulfonamides is 1. The molecule has 0 atom stereocenters. The first-order valence-corrected chi connectivity index (χ1v) is 16.7. The smallest absolute Gasteiger partial charge is 0.263 e. The molecule has 0 fully saturated rings. The van der Waals surface area contributed by atoms with E-state index in [1.165, 1.54) is 18.2 Å². The maximum absolute atomic E-state index is 13.6. The van der Waals surface area contributed by atoms with Crippen molar-refractivity contribution >= 4 is 61.6 Å². The molecule has 0 saturated heterocycles. The SMILES string of the molecule is CC(C)(N)C(=O)Nc1cccc(S(=O)(=O)Nc2nc3ccccc3nc2Nc2cc(OCCCOCCOCCN=[N+]=[N-])ccc2Cl)c1. The Labute approximate surface area is 282 Å². The number of carbonyl (C=O) groups is 1. The number of rotatable bonds is 18. The van der Waals surface area contributed by atoms with Crippen molar-refractivity contribution in [2.24, 2.45) is 10.8 Å². The average Bonchev–Trinajstić information content (AvgIpc) is 3.05. The van der Waals surface area contributed by atoms with Crippen LogP contribution in [0.4, 0.5) is 23.0 Å². The van der Waals surface area contributed by atoms with Crippen LogP contribution < -0.4 is 25.8 Å². The fourth-order valence-electron chi connectivity index (χ4n) is 4.02. The van der Waals surface area contributed by atoms with E-state index in [0.29, 0.717) is 66.9 Å². The predicted octanol–water partition coefficient (Wildman–Crippen LogP) is 5.62. The highest BCUT2D eigenvalue weighted by atomic mass is 35.5. The van der Waals surface area contributed by atoms with Gasteiger partial charge in [-0.3, -0.25) is 9.52 Å². The summed E-state index contributed by atoms with van der Waals surface area (Å²) in [7, 11) is -4.21. The number of ether oxygens (including phenoxy) is 3. The summed E-state index contributed by atoms with van der Waals surface area (Å²) in [5.41, 5.74) is 14.6. The molecule has 4 aromatic rings. The molecule has 5 N–H and O–H groups in total. The van der Waals surface area contributed by atoms with E-state index in [9.17, 15) is 13.2 Å². The third kappa shape index (κ3) is 10.7. The van der Waals surface area contributed by atoms with Gasteiger partial charge >= 0.3 is 0 Å². The van der Waals surface area contributed by atoms with Crippen LogP contribution in [0.2, 0.25) is 5.02 Å². The summed E-state index contributed by atoms with van der Waals surface area (Å²) in [5, 5.41) is 9.45. The highest BCUT2D eigenvalue weighted by molar-refractivity contribution is 7.92. The lowest BCUT2D eigenvalue weighted by Crippen LogP contribution is -2.45. The Bertz CT molecular complexity index is 1880. The number of hydrogen-bond acceptors (Lipinski definition) is 11. The summed E-state index contributed by atoms with van der Waals surface area (Å²) in [6.45, 7) is 5.31. The second-order valence-corrected chi connectivity index (χ2v) is 13.0. The number of hydrogen-bond donors (Lipinski definition) is 4. The quantitative estimate of drug-likeness (QED) is 0.0436. The maximum Gasteiger partial charge on any atom is 0.263 e. The molecule has 0 spiro atoms. The molecular formula is C31H36ClN9O6S. The second-order valence-electron chi connectivity index (χ2n) is 10.9. The number of nitrogens with zero attached hydrogens (tertiary/aromatic N) is 5. The van der Waals surface area contributed by atoms with Gasteiger partial charge in [-0.05, 0) is 61.8 Å². The minimum absolute atomic E-state index is 0.0764. The van der Waals surface area contributed by atoms with Crippen LogP contribution in [0, 0.1) is 0 Å². The van der Waals surface area contributed by atoms with Crippen molar-refractivity contribution in [3.8, 4) is 5.75 Å². The first-order valence-electron chi connectivity index (χ1n) is 14.8. The molecule has 17 heteroatoms. The number of halogens is 1. The largest absolute Gasteiger partial charge is 0.493 e. The molecule has 0 aliphatic carbocycles. The van der Waals surface area contributed by atoms with Crippen molar-refractivity contribution in [2.75, 3.05) is 54.9 Å². The number of carbonyl (C=O) groups excluding carboxylic acids is 1. The number of aromatic nitrogens is 2. The summed E-state index contributed by atoms with van der Waals surface area (Å²) in [4.78, 5) is 24.1. The Morgan fingerprint density at radius 2 is 1.67 bits per heavy atom. The van der Waals surface area contributed by atoms with Crippen LogP contribution in [0.5, 0.6) is 5.75 Å². The van der Waals surface area contributed by atoms with Crippen LogP contribution in [-0.2, 0) is 24.3 Å². The molecular weight excluding hydrogens is 662 g/mol.